The summed E-state index contributed by atoms with van der Waals surface area (Å²) in [7, 11) is 5.71. The van der Waals surface area contributed by atoms with Gasteiger partial charge in [-0.25, -0.2) is 0 Å². The maximum Gasteiger partial charge on any atom is 0.251 e. The van der Waals surface area contributed by atoms with E-state index in [1.54, 1.807) is 14.1 Å². The second-order valence-electron chi connectivity index (χ2n) is 7.58. The number of nitrogens with zero attached hydrogens (tertiary/aromatic N) is 2. The van der Waals surface area contributed by atoms with E-state index in [2.05, 4.69) is 32.9 Å². The number of carbonyl (C=O) groups is 1. The molecular weight excluding hydrogens is 477 g/mol. The molecule has 0 bridgehead atoms. The molecule has 1 aliphatic carbocycles. The van der Waals surface area contributed by atoms with Gasteiger partial charge in [-0.2, -0.15) is 0 Å². The zero-order chi connectivity index (χ0) is 20.2. The third-order valence-corrected chi connectivity index (χ3v) is 5.52. The molecule has 0 spiro atoms. The highest BCUT2D eigenvalue weighted by molar-refractivity contribution is 14.0. The Morgan fingerprint density at radius 1 is 1.17 bits per heavy atom. The van der Waals surface area contributed by atoms with Crippen LogP contribution in [0.2, 0.25) is 0 Å². The first-order valence-corrected chi connectivity index (χ1v) is 10.6. The number of aliphatic imine (C=N–C) groups is 1. The Hall–Kier alpha value is -1.35. The minimum atomic E-state index is -0.0505. The Labute approximate surface area is 193 Å². The lowest BCUT2D eigenvalue weighted by atomic mass is 9.94. The van der Waals surface area contributed by atoms with E-state index in [1.807, 2.05) is 24.3 Å². The van der Waals surface area contributed by atoms with Gasteiger partial charge < -0.3 is 20.9 Å². The minimum Gasteiger partial charge on any atom is -0.356 e. The Balaban J connectivity index is 0.00000420. The SMILES string of the molecule is CN=C(NCCCN(C)C1CCCCC1)NCCc1cccc(C(=O)NC)c1.I. The number of amides is 1. The van der Waals surface area contributed by atoms with Crippen molar-refractivity contribution in [1.29, 1.82) is 0 Å². The van der Waals surface area contributed by atoms with Crippen LogP contribution in [-0.4, -0.2) is 63.6 Å². The number of carbonyl (C=O) groups excluding carboxylic acids is 1. The number of halogens is 1. The van der Waals surface area contributed by atoms with Crippen molar-refractivity contribution >= 4 is 35.8 Å². The van der Waals surface area contributed by atoms with E-state index in [4.69, 9.17) is 0 Å². The lowest BCUT2D eigenvalue weighted by Crippen LogP contribution is -2.40. The number of rotatable bonds is 9. The largest absolute Gasteiger partial charge is 0.356 e. The summed E-state index contributed by atoms with van der Waals surface area (Å²) in [6.45, 7) is 2.82. The molecular formula is C22H38IN5O. The van der Waals surface area contributed by atoms with Gasteiger partial charge in [0.05, 0.1) is 0 Å². The monoisotopic (exact) mass is 515 g/mol. The topological polar surface area (TPSA) is 68.8 Å². The van der Waals surface area contributed by atoms with Gasteiger partial charge in [-0.15, -0.1) is 24.0 Å². The van der Waals surface area contributed by atoms with Gasteiger partial charge in [0, 0.05) is 38.8 Å². The summed E-state index contributed by atoms with van der Waals surface area (Å²) in [4.78, 5) is 18.6. The lowest BCUT2D eigenvalue weighted by Gasteiger charge is -2.31. The van der Waals surface area contributed by atoms with Crippen LogP contribution in [0.1, 0.15) is 54.4 Å². The van der Waals surface area contributed by atoms with Crippen LogP contribution in [0, 0.1) is 0 Å². The van der Waals surface area contributed by atoms with Gasteiger partial charge in [-0.05, 0) is 57.0 Å². The molecule has 3 N–H and O–H groups in total. The maximum atomic E-state index is 11.7. The molecule has 0 aromatic heterocycles. The van der Waals surface area contributed by atoms with Gasteiger partial charge in [0.1, 0.15) is 0 Å². The van der Waals surface area contributed by atoms with E-state index in [9.17, 15) is 4.79 Å². The minimum absolute atomic E-state index is 0. The highest BCUT2D eigenvalue weighted by Gasteiger charge is 2.17. The van der Waals surface area contributed by atoms with Gasteiger partial charge in [0.25, 0.3) is 5.91 Å². The molecule has 2 rings (SSSR count). The average Bonchev–Trinajstić information content (AvgIpc) is 2.75. The van der Waals surface area contributed by atoms with Crippen LogP contribution in [0.4, 0.5) is 0 Å². The van der Waals surface area contributed by atoms with E-state index in [-0.39, 0.29) is 29.9 Å². The Kier molecular flexibility index (Phi) is 12.9. The standard InChI is InChI=1S/C22H37N5O.HI/c1-23-21(28)19-10-7-9-18(17-19)13-15-26-22(24-2)25-14-8-16-27(3)20-11-5-4-6-12-20;/h7,9-10,17,20H,4-6,8,11-16H2,1-3H3,(H,23,28)(H2,24,25,26);1H. The second kappa shape index (κ2) is 14.6. The molecule has 1 aromatic rings. The van der Waals surface area contributed by atoms with Gasteiger partial charge in [0.15, 0.2) is 5.96 Å². The second-order valence-corrected chi connectivity index (χ2v) is 7.58. The molecule has 0 radical (unpaired) electrons. The predicted octanol–water partition coefficient (Wildman–Crippen LogP) is 3.03. The van der Waals surface area contributed by atoms with Gasteiger partial charge in [-0.3, -0.25) is 9.79 Å². The fourth-order valence-corrected chi connectivity index (χ4v) is 3.80. The Bertz CT molecular complexity index is 631. The van der Waals surface area contributed by atoms with Crippen LogP contribution in [0.25, 0.3) is 0 Å². The van der Waals surface area contributed by atoms with Crippen LogP contribution in [-0.2, 0) is 6.42 Å². The quantitative estimate of drug-likeness (QED) is 0.205. The van der Waals surface area contributed by atoms with Crippen molar-refractivity contribution in [3.05, 3.63) is 35.4 Å². The van der Waals surface area contributed by atoms with E-state index < -0.39 is 0 Å². The normalized spacial score (nSPS) is 15.0. The molecule has 29 heavy (non-hydrogen) atoms. The smallest absolute Gasteiger partial charge is 0.251 e. The molecule has 0 unspecified atom stereocenters. The summed E-state index contributed by atoms with van der Waals surface area (Å²) in [5, 5.41) is 9.42. The summed E-state index contributed by atoms with van der Waals surface area (Å²) in [5.74, 6) is 0.785. The molecule has 1 aromatic carbocycles. The molecule has 0 heterocycles. The van der Waals surface area contributed by atoms with Crippen molar-refractivity contribution in [2.75, 3.05) is 40.8 Å². The fraction of sp³-hybridized carbons (Fsp3) is 0.636. The third kappa shape index (κ3) is 9.33. The van der Waals surface area contributed by atoms with E-state index in [1.165, 1.54) is 32.1 Å². The number of hydrogen-bond donors (Lipinski definition) is 3. The van der Waals surface area contributed by atoms with Crippen molar-refractivity contribution in [3.8, 4) is 0 Å². The molecule has 1 aliphatic rings. The van der Waals surface area contributed by atoms with Crippen LogP contribution >= 0.6 is 24.0 Å². The summed E-state index contributed by atoms with van der Waals surface area (Å²) in [5.41, 5.74) is 1.84. The first-order chi connectivity index (χ1) is 13.6. The maximum absolute atomic E-state index is 11.7. The van der Waals surface area contributed by atoms with E-state index >= 15 is 0 Å². The third-order valence-electron chi connectivity index (χ3n) is 5.52. The lowest BCUT2D eigenvalue weighted by molar-refractivity contribution is 0.0963. The van der Waals surface area contributed by atoms with Gasteiger partial charge in [-0.1, -0.05) is 31.4 Å². The molecule has 164 valence electrons. The molecule has 1 fully saturated rings. The van der Waals surface area contributed by atoms with Crippen molar-refractivity contribution in [1.82, 2.24) is 20.9 Å². The number of benzene rings is 1. The van der Waals surface area contributed by atoms with Crippen molar-refractivity contribution in [2.45, 2.75) is 51.0 Å². The number of hydrogen-bond acceptors (Lipinski definition) is 3. The zero-order valence-corrected chi connectivity index (χ0v) is 20.5. The zero-order valence-electron chi connectivity index (χ0n) is 18.2. The average molecular weight is 515 g/mol. The first kappa shape index (κ1) is 25.7. The van der Waals surface area contributed by atoms with Crippen molar-refractivity contribution < 1.29 is 4.79 Å². The van der Waals surface area contributed by atoms with Crippen LogP contribution in [0.3, 0.4) is 0 Å². The first-order valence-electron chi connectivity index (χ1n) is 10.6. The summed E-state index contributed by atoms with van der Waals surface area (Å²) in [6.07, 6.45) is 8.84. The molecule has 1 saturated carbocycles. The molecule has 0 aliphatic heterocycles. The predicted molar refractivity (Wildman–Crippen MR) is 132 cm³/mol. The fourth-order valence-electron chi connectivity index (χ4n) is 3.80. The van der Waals surface area contributed by atoms with Crippen LogP contribution < -0.4 is 16.0 Å². The molecule has 7 heteroatoms. The number of guanidine groups is 1. The molecule has 0 atom stereocenters. The molecule has 0 saturated heterocycles. The number of nitrogens with one attached hydrogen (secondary N) is 3. The Morgan fingerprint density at radius 2 is 1.90 bits per heavy atom. The highest BCUT2D eigenvalue weighted by atomic mass is 127. The summed E-state index contributed by atoms with van der Waals surface area (Å²) < 4.78 is 0. The van der Waals surface area contributed by atoms with Crippen molar-refractivity contribution in [3.63, 3.8) is 0 Å². The van der Waals surface area contributed by atoms with E-state index in [0.29, 0.717) is 5.56 Å². The molecule has 1 amide bonds. The van der Waals surface area contributed by atoms with Gasteiger partial charge >= 0.3 is 0 Å². The Morgan fingerprint density at radius 3 is 2.59 bits per heavy atom. The molecule has 6 nitrogen and oxygen atoms in total. The van der Waals surface area contributed by atoms with Crippen LogP contribution in [0.15, 0.2) is 29.3 Å². The van der Waals surface area contributed by atoms with E-state index in [0.717, 1.165) is 50.0 Å². The summed E-state index contributed by atoms with van der Waals surface area (Å²) in [6, 6.07) is 8.52. The summed E-state index contributed by atoms with van der Waals surface area (Å²) >= 11 is 0. The van der Waals surface area contributed by atoms with Crippen LogP contribution in [0.5, 0.6) is 0 Å². The van der Waals surface area contributed by atoms with Crippen molar-refractivity contribution in [2.24, 2.45) is 4.99 Å². The highest BCUT2D eigenvalue weighted by Crippen LogP contribution is 2.21. The van der Waals surface area contributed by atoms with Gasteiger partial charge in [0.2, 0.25) is 0 Å².